The van der Waals surface area contributed by atoms with Crippen molar-refractivity contribution in [2.24, 2.45) is 0 Å². The quantitative estimate of drug-likeness (QED) is 0.421. The van der Waals surface area contributed by atoms with E-state index in [1.54, 1.807) is 0 Å². The van der Waals surface area contributed by atoms with E-state index in [-0.39, 0.29) is 0 Å². The molecular weight excluding hydrogens is 544 g/mol. The van der Waals surface area contributed by atoms with Gasteiger partial charge in [0.2, 0.25) is 0 Å². The second kappa shape index (κ2) is 8.18. The first-order valence-electron chi connectivity index (χ1n) is 6.49. The molecule has 0 aliphatic carbocycles. The van der Waals surface area contributed by atoms with Crippen molar-refractivity contribution in [3.63, 3.8) is 0 Å². The number of alkyl halides is 4. The fraction of sp³-hybridized carbons (Fsp3) is 0.250. The Morgan fingerprint density at radius 3 is 0.955 bits per heavy atom. The van der Waals surface area contributed by atoms with E-state index >= 15 is 0 Å². The zero-order valence-electron chi connectivity index (χ0n) is 11.5. The minimum atomic E-state index is 0.317. The van der Waals surface area contributed by atoms with Gasteiger partial charge >= 0.3 is 0 Å². The van der Waals surface area contributed by atoms with Crippen molar-refractivity contribution in [2.75, 3.05) is 0 Å². The molecular formula is C16H14Br4O2. The highest BCUT2D eigenvalue weighted by Crippen LogP contribution is 2.36. The standard InChI is InChI=1S/C16H14Br4O2/c17-5-11-1-9(2-12(6-18)15(11)21)10-3-13(7-19)16(22)14(4-10)8-20/h1-4,21-22H,5-8H2. The summed E-state index contributed by atoms with van der Waals surface area (Å²) in [4.78, 5) is 0. The summed E-state index contributed by atoms with van der Waals surface area (Å²) in [6.07, 6.45) is 0. The lowest BCUT2D eigenvalue weighted by atomic mass is 9.96. The Balaban J connectivity index is 2.65. The van der Waals surface area contributed by atoms with E-state index in [2.05, 4.69) is 63.7 Å². The fourth-order valence-electron chi connectivity index (χ4n) is 2.26. The molecule has 2 nitrogen and oxygen atoms in total. The average molecular weight is 558 g/mol. The predicted octanol–water partition coefficient (Wildman–Crippen LogP) is 6.34. The SMILES string of the molecule is Oc1c(CBr)cc(-c2cc(CBr)c(O)c(CBr)c2)cc1CBr. The van der Waals surface area contributed by atoms with Gasteiger partial charge in [-0.15, -0.1) is 0 Å². The maximum atomic E-state index is 10.2. The molecule has 0 amide bonds. The van der Waals surface area contributed by atoms with Crippen LogP contribution in [0.5, 0.6) is 11.5 Å². The molecule has 118 valence electrons. The molecule has 0 radical (unpaired) electrons. The minimum Gasteiger partial charge on any atom is -0.507 e. The molecule has 0 bridgehead atoms. The van der Waals surface area contributed by atoms with Crippen molar-refractivity contribution in [2.45, 2.75) is 21.3 Å². The molecule has 2 aromatic rings. The van der Waals surface area contributed by atoms with Gasteiger partial charge < -0.3 is 10.2 Å². The number of phenolic OH excluding ortho intramolecular Hbond substituents is 2. The van der Waals surface area contributed by atoms with Crippen molar-refractivity contribution in [1.82, 2.24) is 0 Å². The second-order valence-corrected chi connectivity index (χ2v) is 7.06. The van der Waals surface area contributed by atoms with Crippen molar-refractivity contribution in [1.29, 1.82) is 0 Å². The molecule has 0 atom stereocenters. The molecule has 0 saturated carbocycles. The summed E-state index contributed by atoms with van der Waals surface area (Å²) in [5.74, 6) is 0.635. The summed E-state index contributed by atoms with van der Waals surface area (Å²) in [6.45, 7) is 0. The summed E-state index contributed by atoms with van der Waals surface area (Å²) in [5, 5.41) is 22.7. The van der Waals surface area contributed by atoms with Crippen LogP contribution in [0.4, 0.5) is 0 Å². The number of halogens is 4. The predicted molar refractivity (Wildman–Crippen MR) is 106 cm³/mol. The Morgan fingerprint density at radius 2 is 0.773 bits per heavy atom. The molecule has 0 spiro atoms. The first-order chi connectivity index (χ1) is 10.5. The lowest BCUT2D eigenvalue weighted by molar-refractivity contribution is 0.465. The van der Waals surface area contributed by atoms with Gasteiger partial charge in [-0.1, -0.05) is 63.7 Å². The van der Waals surface area contributed by atoms with Crippen LogP contribution >= 0.6 is 63.7 Å². The number of benzene rings is 2. The molecule has 0 fully saturated rings. The van der Waals surface area contributed by atoms with E-state index in [0.717, 1.165) is 33.4 Å². The summed E-state index contributed by atoms with van der Waals surface area (Å²) in [6, 6.07) is 7.88. The van der Waals surface area contributed by atoms with Crippen LogP contribution in [0.2, 0.25) is 0 Å². The molecule has 0 saturated heterocycles. The van der Waals surface area contributed by atoms with E-state index < -0.39 is 0 Å². The number of aromatic hydroxyl groups is 2. The number of phenols is 2. The topological polar surface area (TPSA) is 40.5 Å². The van der Waals surface area contributed by atoms with E-state index in [1.807, 2.05) is 24.3 Å². The van der Waals surface area contributed by atoms with Crippen molar-refractivity contribution < 1.29 is 10.2 Å². The highest BCUT2D eigenvalue weighted by atomic mass is 79.9. The van der Waals surface area contributed by atoms with E-state index in [0.29, 0.717) is 32.8 Å². The smallest absolute Gasteiger partial charge is 0.123 e. The van der Waals surface area contributed by atoms with Gasteiger partial charge in [0, 0.05) is 43.6 Å². The zero-order valence-corrected chi connectivity index (χ0v) is 17.9. The van der Waals surface area contributed by atoms with E-state index in [1.165, 1.54) is 0 Å². The molecule has 0 aromatic heterocycles. The molecule has 6 heteroatoms. The first kappa shape index (κ1) is 18.3. The van der Waals surface area contributed by atoms with Gasteiger partial charge in [0.1, 0.15) is 11.5 Å². The molecule has 2 rings (SSSR count). The van der Waals surface area contributed by atoms with Crippen LogP contribution in [-0.2, 0) is 21.3 Å². The Labute approximate surface area is 163 Å². The molecule has 0 unspecified atom stereocenters. The summed E-state index contributed by atoms with van der Waals surface area (Å²) in [5.41, 5.74) is 5.43. The van der Waals surface area contributed by atoms with Crippen molar-refractivity contribution in [3.8, 4) is 22.6 Å². The van der Waals surface area contributed by atoms with E-state index in [4.69, 9.17) is 0 Å². The van der Waals surface area contributed by atoms with Gasteiger partial charge in [-0.2, -0.15) is 0 Å². The van der Waals surface area contributed by atoms with Gasteiger partial charge in [-0.25, -0.2) is 0 Å². The van der Waals surface area contributed by atoms with E-state index in [9.17, 15) is 10.2 Å². The number of hydrogen-bond donors (Lipinski definition) is 2. The molecule has 0 aliphatic rings. The van der Waals surface area contributed by atoms with Crippen LogP contribution in [0.15, 0.2) is 24.3 Å². The van der Waals surface area contributed by atoms with Crippen LogP contribution in [0.3, 0.4) is 0 Å². The van der Waals surface area contributed by atoms with Gasteiger partial charge in [0.25, 0.3) is 0 Å². The van der Waals surface area contributed by atoms with Crippen LogP contribution in [0.25, 0.3) is 11.1 Å². The Kier molecular flexibility index (Phi) is 6.80. The van der Waals surface area contributed by atoms with Gasteiger partial charge in [-0.3, -0.25) is 0 Å². The van der Waals surface area contributed by atoms with Crippen molar-refractivity contribution in [3.05, 3.63) is 46.5 Å². The normalized spacial score (nSPS) is 10.9. The minimum absolute atomic E-state index is 0.317. The molecule has 0 aliphatic heterocycles. The highest BCUT2D eigenvalue weighted by molar-refractivity contribution is 9.09. The molecule has 22 heavy (non-hydrogen) atoms. The van der Waals surface area contributed by atoms with Crippen LogP contribution < -0.4 is 0 Å². The fourth-order valence-corrected chi connectivity index (χ4v) is 3.97. The largest absolute Gasteiger partial charge is 0.507 e. The maximum absolute atomic E-state index is 10.2. The van der Waals surface area contributed by atoms with Crippen LogP contribution in [-0.4, -0.2) is 10.2 Å². The molecule has 2 aromatic carbocycles. The zero-order chi connectivity index (χ0) is 16.3. The van der Waals surface area contributed by atoms with Crippen molar-refractivity contribution >= 4 is 63.7 Å². The summed E-state index contributed by atoms with van der Waals surface area (Å²) < 4.78 is 0. The monoisotopic (exact) mass is 554 g/mol. The lowest BCUT2D eigenvalue weighted by Crippen LogP contribution is -1.93. The highest BCUT2D eigenvalue weighted by Gasteiger charge is 2.13. The third-order valence-electron chi connectivity index (χ3n) is 3.44. The van der Waals surface area contributed by atoms with Gasteiger partial charge in [0.15, 0.2) is 0 Å². The Morgan fingerprint density at radius 1 is 0.545 bits per heavy atom. The van der Waals surface area contributed by atoms with Gasteiger partial charge in [-0.05, 0) is 35.4 Å². The molecule has 0 heterocycles. The first-order valence-corrected chi connectivity index (χ1v) is 11.0. The number of rotatable bonds is 5. The third-order valence-corrected chi connectivity index (χ3v) is 5.86. The number of hydrogen-bond acceptors (Lipinski definition) is 2. The summed E-state index contributed by atoms with van der Waals surface area (Å²) >= 11 is 13.7. The maximum Gasteiger partial charge on any atom is 0.123 e. The second-order valence-electron chi connectivity index (χ2n) is 4.82. The van der Waals surface area contributed by atoms with Gasteiger partial charge in [0.05, 0.1) is 0 Å². The van der Waals surface area contributed by atoms with Crippen LogP contribution in [0, 0.1) is 0 Å². The lowest BCUT2D eigenvalue weighted by Gasteiger charge is -2.14. The Hall–Kier alpha value is -0.0400. The third kappa shape index (κ3) is 3.71. The van der Waals surface area contributed by atoms with Crippen LogP contribution in [0.1, 0.15) is 22.3 Å². The molecule has 2 N–H and O–H groups in total. The Bertz CT molecular complexity index is 576. The average Bonchev–Trinajstić information content (AvgIpc) is 2.55. The summed E-state index contributed by atoms with van der Waals surface area (Å²) in [7, 11) is 0.